The van der Waals surface area contributed by atoms with E-state index < -0.39 is 0 Å². The molecule has 1 rings (SSSR count). The molecule has 1 amide bonds. The van der Waals surface area contributed by atoms with Crippen LogP contribution in [0, 0.1) is 19.8 Å². The van der Waals surface area contributed by atoms with Crippen LogP contribution in [0.3, 0.4) is 0 Å². The molecule has 0 saturated heterocycles. The molecule has 22 heavy (non-hydrogen) atoms. The highest BCUT2D eigenvalue weighted by Crippen LogP contribution is 2.16. The summed E-state index contributed by atoms with van der Waals surface area (Å²) in [4.78, 5) is 13.7. The van der Waals surface area contributed by atoms with Crippen LogP contribution in [0.25, 0.3) is 0 Å². The van der Waals surface area contributed by atoms with Gasteiger partial charge in [-0.1, -0.05) is 19.9 Å². The van der Waals surface area contributed by atoms with E-state index in [0.29, 0.717) is 12.5 Å². The van der Waals surface area contributed by atoms with Gasteiger partial charge in [0.2, 0.25) is 0 Å². The lowest BCUT2D eigenvalue weighted by Gasteiger charge is -2.21. The third-order valence-electron chi connectivity index (χ3n) is 3.92. The molecule has 0 spiro atoms. The quantitative estimate of drug-likeness (QED) is 0.837. The second kappa shape index (κ2) is 9.70. The normalized spacial score (nSPS) is 11.8. The molecule has 1 atom stereocenters. The summed E-state index contributed by atoms with van der Waals surface area (Å²) in [6.45, 7) is 8.99. The Morgan fingerprint density at radius 1 is 1.27 bits per heavy atom. The van der Waals surface area contributed by atoms with Gasteiger partial charge in [-0.25, -0.2) is 0 Å². The summed E-state index contributed by atoms with van der Waals surface area (Å²) in [6, 6.07) is 5.98. The van der Waals surface area contributed by atoms with Gasteiger partial charge < -0.3 is 15.4 Å². The molecule has 1 aromatic rings. The molecule has 4 nitrogen and oxygen atoms in total. The maximum absolute atomic E-state index is 12.0. The molecule has 5 heteroatoms. The fraction of sp³-hybridized carbons (Fsp3) is 0.588. The fourth-order valence-corrected chi connectivity index (χ4v) is 1.86. The zero-order chi connectivity index (χ0) is 16.0. The SMILES string of the molecule is Cc1ccc(OCC(=O)N(C)CCC(N)C(C)C)cc1C.Cl. The van der Waals surface area contributed by atoms with Crippen LogP contribution in [-0.2, 0) is 4.79 Å². The van der Waals surface area contributed by atoms with Crippen molar-refractivity contribution in [1.82, 2.24) is 4.90 Å². The van der Waals surface area contributed by atoms with Crippen LogP contribution in [0.5, 0.6) is 5.75 Å². The number of carbonyl (C=O) groups is 1. The number of rotatable bonds is 7. The topological polar surface area (TPSA) is 55.6 Å². The predicted molar refractivity (Wildman–Crippen MR) is 93.7 cm³/mol. The van der Waals surface area contributed by atoms with Crippen LogP contribution < -0.4 is 10.5 Å². The van der Waals surface area contributed by atoms with Crippen molar-refractivity contribution in [3.63, 3.8) is 0 Å². The highest BCUT2D eigenvalue weighted by molar-refractivity contribution is 5.85. The first-order valence-corrected chi connectivity index (χ1v) is 7.51. The van der Waals surface area contributed by atoms with Gasteiger partial charge in [-0.2, -0.15) is 0 Å². The predicted octanol–water partition coefficient (Wildman–Crippen LogP) is 2.94. The number of carbonyl (C=O) groups excluding carboxylic acids is 1. The molecule has 0 fully saturated rings. The molecule has 0 saturated carbocycles. The van der Waals surface area contributed by atoms with Crippen LogP contribution in [0.15, 0.2) is 18.2 Å². The molecular formula is C17H29ClN2O2. The fourth-order valence-electron chi connectivity index (χ4n) is 1.86. The zero-order valence-corrected chi connectivity index (χ0v) is 15.1. The maximum atomic E-state index is 12.0. The minimum absolute atomic E-state index is 0. The van der Waals surface area contributed by atoms with Gasteiger partial charge in [0.15, 0.2) is 6.61 Å². The Labute approximate surface area is 140 Å². The first-order chi connectivity index (χ1) is 9.81. The van der Waals surface area contributed by atoms with Gasteiger partial charge in [-0.15, -0.1) is 12.4 Å². The lowest BCUT2D eigenvalue weighted by molar-refractivity contribution is -0.132. The van der Waals surface area contributed by atoms with E-state index in [9.17, 15) is 4.79 Å². The highest BCUT2D eigenvalue weighted by Gasteiger charge is 2.13. The number of likely N-dealkylation sites (N-methyl/N-ethyl adjacent to an activating group) is 1. The molecular weight excluding hydrogens is 300 g/mol. The van der Waals surface area contributed by atoms with Gasteiger partial charge in [-0.3, -0.25) is 4.79 Å². The number of hydrogen-bond acceptors (Lipinski definition) is 3. The van der Waals surface area contributed by atoms with Crippen LogP contribution in [0.2, 0.25) is 0 Å². The molecule has 126 valence electrons. The first kappa shape index (κ1) is 20.7. The molecule has 1 unspecified atom stereocenters. The van der Waals surface area contributed by atoms with Crippen LogP contribution in [0.4, 0.5) is 0 Å². The second-order valence-corrected chi connectivity index (χ2v) is 6.05. The number of halogens is 1. The molecule has 0 aliphatic carbocycles. The molecule has 0 aromatic heterocycles. The van der Waals surface area contributed by atoms with Gasteiger partial charge in [-0.05, 0) is 49.4 Å². The number of ether oxygens (including phenoxy) is 1. The molecule has 0 bridgehead atoms. The van der Waals surface area contributed by atoms with Crippen LogP contribution in [-0.4, -0.2) is 37.0 Å². The minimum atomic E-state index is -0.0239. The highest BCUT2D eigenvalue weighted by atomic mass is 35.5. The Balaban J connectivity index is 0.00000441. The van der Waals surface area contributed by atoms with Gasteiger partial charge in [0, 0.05) is 19.6 Å². The maximum Gasteiger partial charge on any atom is 0.260 e. The van der Waals surface area contributed by atoms with E-state index in [-0.39, 0.29) is 31.0 Å². The summed E-state index contributed by atoms with van der Waals surface area (Å²) in [5.41, 5.74) is 8.37. The Kier molecular flexibility index (Phi) is 9.14. The van der Waals surface area contributed by atoms with Crippen molar-refractivity contribution < 1.29 is 9.53 Å². The number of aryl methyl sites for hydroxylation is 2. The van der Waals surface area contributed by atoms with Crippen molar-refractivity contribution in [2.24, 2.45) is 11.7 Å². The molecule has 0 heterocycles. The Morgan fingerprint density at radius 3 is 2.45 bits per heavy atom. The van der Waals surface area contributed by atoms with E-state index >= 15 is 0 Å². The lowest BCUT2D eigenvalue weighted by Crippen LogP contribution is -2.36. The molecule has 0 aliphatic heterocycles. The molecule has 2 N–H and O–H groups in total. The number of nitrogens with zero attached hydrogens (tertiary/aromatic N) is 1. The first-order valence-electron chi connectivity index (χ1n) is 7.51. The van der Waals surface area contributed by atoms with E-state index in [1.807, 2.05) is 25.1 Å². The van der Waals surface area contributed by atoms with E-state index in [1.165, 1.54) is 5.56 Å². The largest absolute Gasteiger partial charge is 0.484 e. The van der Waals surface area contributed by atoms with Gasteiger partial charge in [0.05, 0.1) is 0 Å². The van der Waals surface area contributed by atoms with Crippen LogP contribution in [0.1, 0.15) is 31.4 Å². The number of nitrogens with two attached hydrogens (primary N) is 1. The number of benzene rings is 1. The van der Waals surface area contributed by atoms with E-state index in [2.05, 4.69) is 20.8 Å². The van der Waals surface area contributed by atoms with Crippen molar-refractivity contribution >= 4 is 18.3 Å². The summed E-state index contributed by atoms with van der Waals surface area (Å²) in [5, 5.41) is 0. The van der Waals surface area contributed by atoms with Crippen molar-refractivity contribution in [1.29, 1.82) is 0 Å². The monoisotopic (exact) mass is 328 g/mol. The Hall–Kier alpha value is -1.26. The zero-order valence-electron chi connectivity index (χ0n) is 14.3. The Bertz CT molecular complexity index is 478. The van der Waals surface area contributed by atoms with E-state index in [0.717, 1.165) is 17.7 Å². The van der Waals surface area contributed by atoms with Crippen molar-refractivity contribution in [3.05, 3.63) is 29.3 Å². The lowest BCUT2D eigenvalue weighted by atomic mass is 10.0. The smallest absolute Gasteiger partial charge is 0.260 e. The summed E-state index contributed by atoms with van der Waals surface area (Å²) in [6.07, 6.45) is 0.809. The van der Waals surface area contributed by atoms with E-state index in [4.69, 9.17) is 10.5 Å². The summed E-state index contributed by atoms with van der Waals surface area (Å²) in [5.74, 6) is 1.14. The number of hydrogen-bond donors (Lipinski definition) is 1. The van der Waals surface area contributed by atoms with Gasteiger partial charge in [0.25, 0.3) is 5.91 Å². The van der Waals surface area contributed by atoms with Gasteiger partial charge >= 0.3 is 0 Å². The average molecular weight is 329 g/mol. The summed E-state index contributed by atoms with van der Waals surface area (Å²) >= 11 is 0. The molecule has 0 aliphatic rings. The Morgan fingerprint density at radius 2 is 1.91 bits per heavy atom. The summed E-state index contributed by atoms with van der Waals surface area (Å²) < 4.78 is 5.56. The van der Waals surface area contributed by atoms with E-state index in [1.54, 1.807) is 11.9 Å². The van der Waals surface area contributed by atoms with Crippen molar-refractivity contribution in [2.45, 2.75) is 40.2 Å². The standard InChI is InChI=1S/C17H28N2O2.ClH/c1-12(2)16(18)8-9-19(5)17(20)11-21-15-7-6-13(3)14(4)10-15;/h6-7,10,12,16H,8-9,11,18H2,1-5H3;1H. The second-order valence-electron chi connectivity index (χ2n) is 6.05. The van der Waals surface area contributed by atoms with Gasteiger partial charge in [0.1, 0.15) is 5.75 Å². The van der Waals surface area contributed by atoms with Crippen molar-refractivity contribution in [2.75, 3.05) is 20.2 Å². The molecule has 1 aromatic carbocycles. The third kappa shape index (κ3) is 6.67. The minimum Gasteiger partial charge on any atom is -0.484 e. The van der Waals surface area contributed by atoms with Crippen molar-refractivity contribution in [3.8, 4) is 5.75 Å². The van der Waals surface area contributed by atoms with Crippen LogP contribution >= 0.6 is 12.4 Å². The third-order valence-corrected chi connectivity index (χ3v) is 3.92. The summed E-state index contributed by atoms with van der Waals surface area (Å²) in [7, 11) is 1.79. The average Bonchev–Trinajstić information content (AvgIpc) is 2.44. The number of amides is 1. The molecule has 0 radical (unpaired) electrons.